The summed E-state index contributed by atoms with van der Waals surface area (Å²) in [6.07, 6.45) is 1.54. The molecule has 1 heterocycles. The first kappa shape index (κ1) is 28.4. The number of halogens is 2. The number of amides is 2. The van der Waals surface area contributed by atoms with Crippen molar-refractivity contribution in [3.8, 4) is 23.0 Å². The van der Waals surface area contributed by atoms with Gasteiger partial charge >= 0.3 is 5.97 Å². The van der Waals surface area contributed by atoms with Crippen molar-refractivity contribution < 1.29 is 33.3 Å². The monoisotopic (exact) mass is 587 g/mol. The maximum Gasteiger partial charge on any atom is 0.343 e. The van der Waals surface area contributed by atoms with E-state index in [4.69, 9.17) is 42.1 Å². The van der Waals surface area contributed by atoms with Gasteiger partial charge < -0.3 is 18.9 Å². The van der Waals surface area contributed by atoms with Crippen LogP contribution in [0.25, 0.3) is 6.08 Å². The minimum absolute atomic E-state index is 0.0453. The molecule has 0 aliphatic carbocycles. The van der Waals surface area contributed by atoms with E-state index in [1.165, 1.54) is 19.3 Å². The van der Waals surface area contributed by atoms with Gasteiger partial charge in [0.15, 0.2) is 11.5 Å². The molecule has 2 amide bonds. The molecule has 0 spiro atoms. The number of esters is 1. The number of thioether (sulfide) groups is 1. The van der Waals surface area contributed by atoms with Crippen LogP contribution >= 0.6 is 35.0 Å². The lowest BCUT2D eigenvalue weighted by Crippen LogP contribution is -2.32. The molecule has 0 radical (unpaired) electrons. The summed E-state index contributed by atoms with van der Waals surface area (Å²) in [5.74, 6) is 0.358. The fraction of sp³-hybridized carbons (Fsp3) is 0.179. The molecule has 1 fully saturated rings. The fourth-order valence-electron chi connectivity index (χ4n) is 3.54. The number of hydrogen-bond donors (Lipinski definition) is 0. The maximum atomic E-state index is 12.9. The molecular formula is C28H23Cl2NO7S. The van der Waals surface area contributed by atoms with Crippen LogP contribution in [0.1, 0.15) is 22.8 Å². The Balaban J connectivity index is 1.48. The molecule has 4 rings (SSSR count). The van der Waals surface area contributed by atoms with E-state index in [1.807, 2.05) is 0 Å². The van der Waals surface area contributed by atoms with Gasteiger partial charge in [-0.15, -0.1) is 0 Å². The Labute approximate surface area is 239 Å². The van der Waals surface area contributed by atoms with Crippen LogP contribution in [0, 0.1) is 0 Å². The van der Waals surface area contributed by atoms with Crippen LogP contribution in [0.3, 0.4) is 0 Å². The Bertz CT molecular complexity index is 1410. The number of ether oxygens (including phenoxy) is 4. The predicted molar refractivity (Wildman–Crippen MR) is 150 cm³/mol. The summed E-state index contributed by atoms with van der Waals surface area (Å²) in [4.78, 5) is 39.4. The van der Waals surface area contributed by atoms with E-state index in [9.17, 15) is 14.4 Å². The van der Waals surface area contributed by atoms with E-state index in [0.29, 0.717) is 27.6 Å². The van der Waals surface area contributed by atoms with E-state index in [1.54, 1.807) is 61.5 Å². The van der Waals surface area contributed by atoms with Crippen molar-refractivity contribution in [3.63, 3.8) is 0 Å². The molecule has 1 aliphatic heterocycles. The first-order chi connectivity index (χ1) is 18.8. The number of hydrogen-bond acceptors (Lipinski definition) is 8. The molecule has 0 unspecified atom stereocenters. The lowest BCUT2D eigenvalue weighted by Gasteiger charge is -2.14. The number of carbonyl (C=O) groups excluding carboxylic acids is 3. The van der Waals surface area contributed by atoms with Crippen LogP contribution in [-0.2, 0) is 4.79 Å². The van der Waals surface area contributed by atoms with E-state index >= 15 is 0 Å². The lowest BCUT2D eigenvalue weighted by atomic mass is 10.1. The highest BCUT2D eigenvalue weighted by Gasteiger charge is 2.35. The minimum Gasteiger partial charge on any atom is -0.497 e. The van der Waals surface area contributed by atoms with Crippen LogP contribution in [0.4, 0.5) is 4.79 Å². The highest BCUT2D eigenvalue weighted by atomic mass is 35.5. The van der Waals surface area contributed by atoms with Crippen LogP contribution in [0.15, 0.2) is 65.6 Å². The molecule has 1 aliphatic rings. The fourth-order valence-corrected chi connectivity index (χ4v) is 4.79. The average molecular weight is 588 g/mol. The molecule has 202 valence electrons. The van der Waals surface area contributed by atoms with Crippen molar-refractivity contribution in [3.05, 3.63) is 86.7 Å². The van der Waals surface area contributed by atoms with Gasteiger partial charge in [0.1, 0.15) is 18.1 Å². The Kier molecular flexibility index (Phi) is 9.40. The minimum atomic E-state index is -0.629. The van der Waals surface area contributed by atoms with Gasteiger partial charge in [-0.25, -0.2) is 4.79 Å². The largest absolute Gasteiger partial charge is 0.497 e. The summed E-state index contributed by atoms with van der Waals surface area (Å²) in [6, 6.07) is 16.3. The predicted octanol–water partition coefficient (Wildman–Crippen LogP) is 6.74. The summed E-state index contributed by atoms with van der Waals surface area (Å²) in [5.41, 5.74) is 0.794. The number of rotatable bonds is 10. The van der Waals surface area contributed by atoms with Crippen molar-refractivity contribution in [1.29, 1.82) is 0 Å². The maximum absolute atomic E-state index is 12.9. The van der Waals surface area contributed by atoms with Gasteiger partial charge in [-0.2, -0.15) is 0 Å². The topological polar surface area (TPSA) is 91.4 Å². The molecule has 0 N–H and O–H groups in total. The average Bonchev–Trinajstić information content (AvgIpc) is 3.19. The molecule has 11 heteroatoms. The SMILES string of the molecule is CCOc1cc(/C=C2\SC(=O)N(CCOc3ccc(Cl)cc3)C2=O)cc(Cl)c1OC(=O)c1ccc(OC)cc1. The van der Waals surface area contributed by atoms with Crippen molar-refractivity contribution in [2.45, 2.75) is 6.92 Å². The summed E-state index contributed by atoms with van der Waals surface area (Å²) < 4.78 is 21.9. The molecule has 0 saturated carbocycles. The van der Waals surface area contributed by atoms with E-state index in [0.717, 1.165) is 16.7 Å². The van der Waals surface area contributed by atoms with Crippen LogP contribution in [0.5, 0.6) is 23.0 Å². The van der Waals surface area contributed by atoms with Crippen molar-refractivity contribution in [2.24, 2.45) is 0 Å². The Morgan fingerprint density at radius 1 is 0.974 bits per heavy atom. The zero-order valence-electron chi connectivity index (χ0n) is 20.9. The second-order valence-electron chi connectivity index (χ2n) is 8.02. The number of benzene rings is 3. The summed E-state index contributed by atoms with van der Waals surface area (Å²) in [7, 11) is 1.53. The summed E-state index contributed by atoms with van der Waals surface area (Å²) in [5, 5.41) is 0.270. The van der Waals surface area contributed by atoms with Crippen LogP contribution in [0.2, 0.25) is 10.0 Å². The van der Waals surface area contributed by atoms with Gasteiger partial charge in [-0.05, 0) is 91.0 Å². The third-order valence-electron chi connectivity index (χ3n) is 5.42. The number of nitrogens with zero attached hydrogens (tertiary/aromatic N) is 1. The molecule has 0 atom stereocenters. The summed E-state index contributed by atoms with van der Waals surface area (Å²) >= 11 is 13.1. The molecule has 0 aromatic heterocycles. The van der Waals surface area contributed by atoms with Crippen molar-refractivity contribution >= 4 is 58.2 Å². The van der Waals surface area contributed by atoms with Gasteiger partial charge in [0.25, 0.3) is 11.1 Å². The standard InChI is InChI=1S/C28H23Cl2NO7S/c1-3-36-23-15-17(14-22(30)25(23)38-27(33)18-4-8-20(35-2)9-5-18)16-24-26(32)31(28(34)39-24)12-13-37-21-10-6-19(29)7-11-21/h4-11,14-16H,3,12-13H2,1-2H3/b24-16-. The van der Waals surface area contributed by atoms with Crippen molar-refractivity contribution in [2.75, 3.05) is 26.9 Å². The van der Waals surface area contributed by atoms with E-state index < -0.39 is 17.1 Å². The number of carbonyl (C=O) groups is 3. The number of imide groups is 1. The molecule has 3 aromatic carbocycles. The van der Waals surface area contributed by atoms with Gasteiger partial charge in [0.05, 0.1) is 35.8 Å². The smallest absolute Gasteiger partial charge is 0.343 e. The molecular weight excluding hydrogens is 565 g/mol. The Morgan fingerprint density at radius 3 is 2.33 bits per heavy atom. The highest BCUT2D eigenvalue weighted by Crippen LogP contribution is 2.39. The van der Waals surface area contributed by atoms with E-state index in [-0.39, 0.29) is 41.2 Å². The van der Waals surface area contributed by atoms with Crippen LogP contribution in [-0.4, -0.2) is 48.9 Å². The first-order valence-electron chi connectivity index (χ1n) is 11.8. The zero-order chi connectivity index (χ0) is 27.9. The van der Waals surface area contributed by atoms with Gasteiger partial charge in [-0.1, -0.05) is 23.2 Å². The normalized spacial score (nSPS) is 14.1. The molecule has 3 aromatic rings. The lowest BCUT2D eigenvalue weighted by molar-refractivity contribution is -0.123. The zero-order valence-corrected chi connectivity index (χ0v) is 23.3. The van der Waals surface area contributed by atoms with Crippen LogP contribution < -0.4 is 18.9 Å². The molecule has 0 bridgehead atoms. The third kappa shape index (κ3) is 7.06. The van der Waals surface area contributed by atoms with Gasteiger partial charge in [0, 0.05) is 5.02 Å². The quantitative estimate of drug-likeness (QED) is 0.146. The van der Waals surface area contributed by atoms with Gasteiger partial charge in [-0.3, -0.25) is 14.5 Å². The molecule has 39 heavy (non-hydrogen) atoms. The molecule has 1 saturated heterocycles. The Hall–Kier alpha value is -3.66. The third-order valence-corrected chi connectivity index (χ3v) is 6.86. The number of methoxy groups -OCH3 is 1. The van der Waals surface area contributed by atoms with Crippen molar-refractivity contribution in [1.82, 2.24) is 4.90 Å². The van der Waals surface area contributed by atoms with Gasteiger partial charge in [0.2, 0.25) is 0 Å². The summed E-state index contributed by atoms with van der Waals surface area (Å²) in [6.45, 7) is 2.25. The Morgan fingerprint density at radius 2 is 1.67 bits per heavy atom. The first-order valence-corrected chi connectivity index (χ1v) is 13.3. The molecule has 8 nitrogen and oxygen atoms in total. The second-order valence-corrected chi connectivity index (χ2v) is 9.85. The van der Waals surface area contributed by atoms with E-state index in [2.05, 4.69) is 0 Å². The highest BCUT2D eigenvalue weighted by molar-refractivity contribution is 8.18. The second kappa shape index (κ2) is 12.9.